The lowest BCUT2D eigenvalue weighted by Gasteiger charge is -2.14. The van der Waals surface area contributed by atoms with E-state index in [-0.39, 0.29) is 29.8 Å². The molecule has 0 saturated carbocycles. The van der Waals surface area contributed by atoms with Gasteiger partial charge in [0, 0.05) is 42.1 Å². The summed E-state index contributed by atoms with van der Waals surface area (Å²) in [6, 6.07) is 12.4. The molecule has 9 heteroatoms. The predicted octanol–water partition coefficient (Wildman–Crippen LogP) is 4.37. The topological polar surface area (TPSA) is 81.5 Å². The molecular formula is C23H16F3N5O. The Balaban J connectivity index is 1.50. The molecule has 0 saturated heterocycles. The SMILES string of the molecule is O=C(Cc1ccc(-c2ccnnc2)c(C(F)(F)F)c1)Cc1ccc(-c2cccnn2)cn1. The second kappa shape index (κ2) is 9.01. The van der Waals surface area contributed by atoms with Crippen LogP contribution in [-0.2, 0) is 23.8 Å². The Bertz CT molecular complexity index is 1210. The summed E-state index contributed by atoms with van der Waals surface area (Å²) < 4.78 is 40.9. The van der Waals surface area contributed by atoms with Crippen molar-refractivity contribution in [2.75, 3.05) is 0 Å². The molecule has 0 aliphatic rings. The highest BCUT2D eigenvalue weighted by Gasteiger charge is 2.34. The van der Waals surface area contributed by atoms with Gasteiger partial charge in [-0.15, -0.1) is 0 Å². The van der Waals surface area contributed by atoms with Crippen LogP contribution in [0.2, 0.25) is 0 Å². The van der Waals surface area contributed by atoms with E-state index >= 15 is 0 Å². The molecule has 0 bridgehead atoms. The average Bonchev–Trinajstić information content (AvgIpc) is 2.80. The van der Waals surface area contributed by atoms with E-state index in [4.69, 9.17) is 0 Å². The number of hydrogen-bond acceptors (Lipinski definition) is 6. The Hall–Kier alpha value is -4.01. The Morgan fingerprint density at radius 1 is 0.844 bits per heavy atom. The van der Waals surface area contributed by atoms with Crippen molar-refractivity contribution < 1.29 is 18.0 Å². The lowest BCUT2D eigenvalue weighted by Crippen LogP contribution is -2.11. The highest BCUT2D eigenvalue weighted by Crippen LogP contribution is 2.37. The van der Waals surface area contributed by atoms with Gasteiger partial charge in [-0.2, -0.15) is 33.6 Å². The van der Waals surface area contributed by atoms with Crippen molar-refractivity contribution in [2.45, 2.75) is 19.0 Å². The molecule has 0 N–H and O–H groups in total. The van der Waals surface area contributed by atoms with E-state index in [1.807, 2.05) is 0 Å². The zero-order valence-corrected chi connectivity index (χ0v) is 16.6. The number of hydrogen-bond donors (Lipinski definition) is 0. The molecule has 32 heavy (non-hydrogen) atoms. The van der Waals surface area contributed by atoms with Crippen molar-refractivity contribution in [3.63, 3.8) is 0 Å². The van der Waals surface area contributed by atoms with Crippen LogP contribution in [0.5, 0.6) is 0 Å². The van der Waals surface area contributed by atoms with E-state index < -0.39 is 11.7 Å². The van der Waals surface area contributed by atoms with E-state index in [2.05, 4.69) is 25.4 Å². The maximum atomic E-state index is 13.6. The first-order valence-corrected chi connectivity index (χ1v) is 9.62. The first-order valence-electron chi connectivity index (χ1n) is 9.62. The number of aromatic nitrogens is 5. The van der Waals surface area contributed by atoms with Crippen LogP contribution in [0.4, 0.5) is 13.2 Å². The first kappa shape index (κ1) is 21.2. The number of benzene rings is 1. The van der Waals surface area contributed by atoms with Crippen molar-refractivity contribution >= 4 is 5.78 Å². The maximum Gasteiger partial charge on any atom is 0.417 e. The van der Waals surface area contributed by atoms with Gasteiger partial charge < -0.3 is 0 Å². The second-order valence-electron chi connectivity index (χ2n) is 7.05. The van der Waals surface area contributed by atoms with Crippen LogP contribution in [0.25, 0.3) is 22.4 Å². The van der Waals surface area contributed by atoms with Gasteiger partial charge >= 0.3 is 6.18 Å². The third-order valence-corrected chi connectivity index (χ3v) is 4.76. The fourth-order valence-electron chi connectivity index (χ4n) is 3.27. The zero-order valence-electron chi connectivity index (χ0n) is 16.6. The Morgan fingerprint density at radius 3 is 2.38 bits per heavy atom. The molecule has 0 atom stereocenters. The quantitative estimate of drug-likeness (QED) is 0.447. The molecule has 0 spiro atoms. The number of Topliss-reactive ketones (excluding diaryl/α,β-unsaturated/α-hetero) is 1. The minimum absolute atomic E-state index is 0.00938. The van der Waals surface area contributed by atoms with Gasteiger partial charge in [0.1, 0.15) is 5.78 Å². The van der Waals surface area contributed by atoms with Gasteiger partial charge in [0.05, 0.1) is 23.7 Å². The lowest BCUT2D eigenvalue weighted by atomic mass is 9.96. The largest absolute Gasteiger partial charge is 0.417 e. The van der Waals surface area contributed by atoms with Gasteiger partial charge in [-0.1, -0.05) is 12.1 Å². The molecule has 0 radical (unpaired) electrons. The van der Waals surface area contributed by atoms with Gasteiger partial charge in [0.25, 0.3) is 0 Å². The summed E-state index contributed by atoms with van der Waals surface area (Å²) in [5, 5.41) is 15.0. The molecule has 3 aromatic heterocycles. The van der Waals surface area contributed by atoms with Crippen LogP contribution in [0, 0.1) is 0 Å². The van der Waals surface area contributed by atoms with Crippen LogP contribution in [-0.4, -0.2) is 31.2 Å². The van der Waals surface area contributed by atoms with Gasteiger partial charge in [-0.3, -0.25) is 9.78 Å². The standard InChI is InChI=1S/C23H16F3N5O/c24-23(25,26)21-11-15(3-6-20(21)16-7-9-28-30-14-16)10-19(32)12-18-5-4-17(13-27-18)22-2-1-8-29-31-22/h1-9,11,13-14H,10,12H2. The molecule has 0 unspecified atom stereocenters. The lowest BCUT2D eigenvalue weighted by molar-refractivity contribution is -0.137. The molecule has 0 aliphatic carbocycles. The number of alkyl halides is 3. The molecule has 6 nitrogen and oxygen atoms in total. The van der Waals surface area contributed by atoms with Crippen molar-refractivity contribution in [3.8, 4) is 22.4 Å². The summed E-state index contributed by atoms with van der Waals surface area (Å²) in [4.78, 5) is 16.8. The molecule has 0 aliphatic heterocycles. The smallest absolute Gasteiger partial charge is 0.299 e. The number of halogens is 3. The summed E-state index contributed by atoms with van der Waals surface area (Å²) in [6.07, 6.45) is 1.06. The van der Waals surface area contributed by atoms with Crippen molar-refractivity contribution in [1.82, 2.24) is 25.4 Å². The van der Waals surface area contributed by atoms with Crippen LogP contribution >= 0.6 is 0 Å². The molecule has 4 rings (SSSR count). The van der Waals surface area contributed by atoms with E-state index in [1.54, 1.807) is 36.7 Å². The van der Waals surface area contributed by atoms with Gasteiger partial charge in [-0.05, 0) is 47.5 Å². The second-order valence-corrected chi connectivity index (χ2v) is 7.05. The fraction of sp³-hybridized carbons (Fsp3) is 0.130. The summed E-state index contributed by atoms with van der Waals surface area (Å²) in [7, 11) is 0. The first-order chi connectivity index (χ1) is 15.4. The number of rotatable bonds is 6. The summed E-state index contributed by atoms with van der Waals surface area (Å²) in [5.41, 5.74) is 1.69. The van der Waals surface area contributed by atoms with Crippen LogP contribution in [0.15, 0.2) is 73.3 Å². The molecule has 0 amide bonds. The van der Waals surface area contributed by atoms with E-state index in [0.717, 1.165) is 11.6 Å². The summed E-state index contributed by atoms with van der Waals surface area (Å²) in [5.74, 6) is -0.240. The monoisotopic (exact) mass is 435 g/mol. The normalized spacial score (nSPS) is 11.3. The molecule has 3 heterocycles. The van der Waals surface area contributed by atoms with Crippen molar-refractivity contribution in [3.05, 3.63) is 90.1 Å². The third kappa shape index (κ3) is 5.00. The van der Waals surface area contributed by atoms with Gasteiger partial charge in [-0.25, -0.2) is 0 Å². The highest BCUT2D eigenvalue weighted by atomic mass is 19.4. The van der Waals surface area contributed by atoms with Crippen molar-refractivity contribution in [1.29, 1.82) is 0 Å². The highest BCUT2D eigenvalue weighted by molar-refractivity contribution is 5.83. The third-order valence-electron chi connectivity index (χ3n) is 4.76. The number of nitrogens with zero attached hydrogens (tertiary/aromatic N) is 5. The molecule has 1 aromatic carbocycles. The minimum atomic E-state index is -4.57. The maximum absolute atomic E-state index is 13.6. The predicted molar refractivity (Wildman–Crippen MR) is 110 cm³/mol. The minimum Gasteiger partial charge on any atom is -0.299 e. The summed E-state index contributed by atoms with van der Waals surface area (Å²) in [6.45, 7) is 0. The molecule has 4 aromatic rings. The average molecular weight is 435 g/mol. The molecule has 160 valence electrons. The van der Waals surface area contributed by atoms with Crippen LogP contribution in [0.3, 0.4) is 0 Å². The van der Waals surface area contributed by atoms with Gasteiger partial charge in [0.2, 0.25) is 0 Å². The van der Waals surface area contributed by atoms with Crippen LogP contribution in [0.1, 0.15) is 16.8 Å². The Morgan fingerprint density at radius 2 is 1.72 bits per heavy atom. The number of carbonyl (C=O) groups is 1. The molecule has 0 fully saturated rings. The van der Waals surface area contributed by atoms with Crippen LogP contribution < -0.4 is 0 Å². The Labute approximate surface area is 181 Å². The summed E-state index contributed by atoms with van der Waals surface area (Å²) >= 11 is 0. The van der Waals surface area contributed by atoms with E-state index in [1.165, 1.54) is 30.6 Å². The van der Waals surface area contributed by atoms with Gasteiger partial charge in [0.15, 0.2) is 0 Å². The van der Waals surface area contributed by atoms with E-state index in [0.29, 0.717) is 17.0 Å². The van der Waals surface area contributed by atoms with E-state index in [9.17, 15) is 18.0 Å². The number of carbonyl (C=O) groups excluding carboxylic acids is 1. The Kier molecular flexibility index (Phi) is 5.98. The molecular weight excluding hydrogens is 419 g/mol. The zero-order chi connectivity index (χ0) is 22.6. The number of ketones is 1. The van der Waals surface area contributed by atoms with Crippen molar-refractivity contribution in [2.24, 2.45) is 0 Å². The fourth-order valence-corrected chi connectivity index (χ4v) is 3.27. The number of pyridine rings is 1.